The molecule has 1 saturated carbocycles. The van der Waals surface area contributed by atoms with Gasteiger partial charge in [-0.3, -0.25) is 0 Å². The SMILES string of the molecule is CCNC1CCCCC1.NC(=S)[S-].[Na+]. The maximum Gasteiger partial charge on any atom is 1.00 e. The Kier molecular flexibility index (Phi) is 15.1. The van der Waals surface area contributed by atoms with Crippen molar-refractivity contribution in [2.75, 3.05) is 6.54 Å². The van der Waals surface area contributed by atoms with Crippen LogP contribution in [-0.2, 0) is 12.6 Å². The van der Waals surface area contributed by atoms with Gasteiger partial charge in [0.25, 0.3) is 0 Å². The van der Waals surface area contributed by atoms with Gasteiger partial charge in [-0.1, -0.05) is 30.5 Å². The van der Waals surface area contributed by atoms with Gasteiger partial charge in [-0.15, -0.1) is 0 Å². The topological polar surface area (TPSA) is 38.0 Å². The summed E-state index contributed by atoms with van der Waals surface area (Å²) in [5.74, 6) is 0. The van der Waals surface area contributed by atoms with Crippen molar-refractivity contribution in [1.29, 1.82) is 0 Å². The van der Waals surface area contributed by atoms with Gasteiger partial charge in [0.1, 0.15) is 0 Å². The summed E-state index contributed by atoms with van der Waals surface area (Å²) in [6.45, 7) is 3.33. The summed E-state index contributed by atoms with van der Waals surface area (Å²) >= 11 is 8.26. The van der Waals surface area contributed by atoms with Crippen LogP contribution in [0.25, 0.3) is 0 Å². The van der Waals surface area contributed by atoms with Crippen molar-refractivity contribution in [2.24, 2.45) is 5.73 Å². The molecular formula is C9H19N2NaS2. The molecule has 0 atom stereocenters. The normalized spacial score (nSPS) is 16.1. The van der Waals surface area contributed by atoms with E-state index in [-0.39, 0.29) is 33.9 Å². The molecule has 0 aliphatic heterocycles. The molecule has 0 spiro atoms. The maximum atomic E-state index is 4.66. The summed E-state index contributed by atoms with van der Waals surface area (Å²) in [6.07, 6.45) is 7.17. The molecule has 0 aromatic heterocycles. The van der Waals surface area contributed by atoms with E-state index in [0.717, 1.165) is 12.6 Å². The minimum absolute atomic E-state index is 0. The van der Waals surface area contributed by atoms with Crippen LogP contribution in [-0.4, -0.2) is 16.9 Å². The monoisotopic (exact) mass is 242 g/mol. The Labute approximate surface area is 120 Å². The van der Waals surface area contributed by atoms with Gasteiger partial charge in [-0.25, -0.2) is 0 Å². The number of hydrogen-bond donors (Lipinski definition) is 2. The molecule has 0 radical (unpaired) electrons. The van der Waals surface area contributed by atoms with Crippen LogP contribution in [0.15, 0.2) is 0 Å². The van der Waals surface area contributed by atoms with Gasteiger partial charge >= 0.3 is 29.6 Å². The van der Waals surface area contributed by atoms with Crippen LogP contribution < -0.4 is 40.6 Å². The number of hydrogen-bond acceptors (Lipinski definition) is 3. The van der Waals surface area contributed by atoms with Crippen LogP contribution in [0.1, 0.15) is 39.0 Å². The van der Waals surface area contributed by atoms with Crippen molar-refractivity contribution in [3.8, 4) is 0 Å². The Morgan fingerprint density at radius 3 is 2.21 bits per heavy atom. The number of nitrogens with one attached hydrogen (secondary N) is 1. The molecule has 78 valence electrons. The summed E-state index contributed by atoms with van der Waals surface area (Å²) < 4.78 is 0.0833. The quantitative estimate of drug-likeness (QED) is 0.359. The molecule has 0 bridgehead atoms. The zero-order valence-electron chi connectivity index (χ0n) is 9.21. The van der Waals surface area contributed by atoms with E-state index in [1.54, 1.807) is 0 Å². The molecule has 1 aliphatic rings. The second kappa shape index (κ2) is 12.1. The molecule has 5 heteroatoms. The minimum atomic E-state index is 0. The number of thiocarbonyl (C=S) groups is 1. The van der Waals surface area contributed by atoms with Gasteiger partial charge < -0.3 is 35.9 Å². The second-order valence-corrected chi connectivity index (χ2v) is 4.35. The molecule has 0 aromatic rings. The van der Waals surface area contributed by atoms with E-state index in [9.17, 15) is 0 Å². The molecule has 14 heavy (non-hydrogen) atoms. The van der Waals surface area contributed by atoms with E-state index < -0.39 is 0 Å². The minimum Gasteiger partial charge on any atom is -0.415 e. The average Bonchev–Trinajstić information content (AvgIpc) is 2.06. The Balaban J connectivity index is 0. The van der Waals surface area contributed by atoms with Gasteiger partial charge in [0.2, 0.25) is 0 Å². The molecule has 3 N–H and O–H groups in total. The molecular weight excluding hydrogens is 223 g/mol. The van der Waals surface area contributed by atoms with E-state index in [1.807, 2.05) is 0 Å². The Bertz CT molecular complexity index is 132. The first-order valence-electron chi connectivity index (χ1n) is 4.86. The average molecular weight is 242 g/mol. The molecule has 0 heterocycles. The first kappa shape index (κ1) is 17.5. The van der Waals surface area contributed by atoms with E-state index in [0.29, 0.717) is 0 Å². The van der Waals surface area contributed by atoms with Gasteiger partial charge in [0, 0.05) is 6.04 Å². The van der Waals surface area contributed by atoms with E-state index in [1.165, 1.54) is 32.1 Å². The van der Waals surface area contributed by atoms with Crippen LogP contribution in [0.2, 0.25) is 0 Å². The van der Waals surface area contributed by atoms with E-state index in [2.05, 4.69) is 42.8 Å². The van der Waals surface area contributed by atoms with Crippen LogP contribution in [0.5, 0.6) is 0 Å². The first-order valence-corrected chi connectivity index (χ1v) is 5.68. The largest absolute Gasteiger partial charge is 1.00 e. The van der Waals surface area contributed by atoms with Gasteiger partial charge in [-0.05, 0) is 19.4 Å². The second-order valence-electron chi connectivity index (χ2n) is 3.21. The van der Waals surface area contributed by atoms with Crippen LogP contribution in [0.3, 0.4) is 0 Å². The molecule has 0 unspecified atom stereocenters. The summed E-state index contributed by atoms with van der Waals surface area (Å²) in [7, 11) is 0. The van der Waals surface area contributed by atoms with E-state index >= 15 is 0 Å². The van der Waals surface area contributed by atoms with Crippen molar-refractivity contribution >= 4 is 29.2 Å². The maximum absolute atomic E-state index is 4.66. The van der Waals surface area contributed by atoms with Crippen molar-refractivity contribution in [3.63, 3.8) is 0 Å². The number of nitrogens with two attached hydrogens (primary N) is 1. The van der Waals surface area contributed by atoms with Gasteiger partial charge in [-0.2, -0.15) is 0 Å². The van der Waals surface area contributed by atoms with Crippen molar-refractivity contribution in [2.45, 2.75) is 45.1 Å². The number of rotatable bonds is 2. The third kappa shape index (κ3) is 13.1. The zero-order chi connectivity index (χ0) is 10.1. The van der Waals surface area contributed by atoms with Crippen LogP contribution in [0.4, 0.5) is 0 Å². The summed E-state index contributed by atoms with van der Waals surface area (Å²) in [5, 5.41) is 3.48. The molecule has 1 rings (SSSR count). The fraction of sp³-hybridized carbons (Fsp3) is 0.889. The van der Waals surface area contributed by atoms with Crippen molar-refractivity contribution in [1.82, 2.24) is 5.32 Å². The predicted octanol–water partition coefficient (Wildman–Crippen LogP) is -1.29. The third-order valence-corrected chi connectivity index (χ3v) is 2.10. The Hall–Kier alpha value is 1.07. The Morgan fingerprint density at radius 1 is 1.43 bits per heavy atom. The molecule has 0 amide bonds. The van der Waals surface area contributed by atoms with E-state index in [4.69, 9.17) is 0 Å². The van der Waals surface area contributed by atoms with Crippen molar-refractivity contribution in [3.05, 3.63) is 0 Å². The molecule has 0 aromatic carbocycles. The molecule has 1 fully saturated rings. The van der Waals surface area contributed by atoms with Gasteiger partial charge in [0.15, 0.2) is 0 Å². The molecule has 1 aliphatic carbocycles. The van der Waals surface area contributed by atoms with Crippen molar-refractivity contribution < 1.29 is 29.6 Å². The molecule has 2 nitrogen and oxygen atoms in total. The Morgan fingerprint density at radius 2 is 1.86 bits per heavy atom. The zero-order valence-corrected chi connectivity index (χ0v) is 12.8. The summed E-state index contributed by atoms with van der Waals surface area (Å²) in [4.78, 5) is 0. The smallest absolute Gasteiger partial charge is 0.415 e. The van der Waals surface area contributed by atoms with Crippen LogP contribution in [0, 0.1) is 0 Å². The fourth-order valence-electron chi connectivity index (χ4n) is 1.60. The summed E-state index contributed by atoms with van der Waals surface area (Å²) in [5.41, 5.74) is 4.66. The molecule has 0 saturated heterocycles. The predicted molar refractivity (Wildman–Crippen MR) is 64.7 cm³/mol. The standard InChI is InChI=1S/C8H17N.CH3NS2.Na/c1-2-9-8-6-4-3-5-7-8;2-1(3)4;/h8-9H,2-7H2,1H3;(H3,2,3,4);/q;;+1/p-1. The van der Waals surface area contributed by atoms with Crippen LogP contribution >= 0.6 is 12.2 Å². The first-order chi connectivity index (χ1) is 6.16. The summed E-state index contributed by atoms with van der Waals surface area (Å²) in [6, 6.07) is 0.851. The van der Waals surface area contributed by atoms with Gasteiger partial charge in [0.05, 0.1) is 0 Å². The fourth-order valence-corrected chi connectivity index (χ4v) is 1.60. The third-order valence-electron chi connectivity index (χ3n) is 2.10.